The second-order valence-electron chi connectivity index (χ2n) is 6.41. The van der Waals surface area contributed by atoms with Crippen molar-refractivity contribution in [3.8, 4) is 6.07 Å². The zero-order chi connectivity index (χ0) is 19.6. The Morgan fingerprint density at radius 1 is 1.00 bits per heavy atom. The minimum Gasteiger partial charge on any atom is -0.348 e. The first-order valence-corrected chi connectivity index (χ1v) is 9.10. The van der Waals surface area contributed by atoms with Crippen LogP contribution in [-0.4, -0.2) is 48.0 Å². The van der Waals surface area contributed by atoms with Gasteiger partial charge in [-0.25, -0.2) is 4.39 Å². The van der Waals surface area contributed by atoms with E-state index >= 15 is 0 Å². The molecule has 1 aliphatic heterocycles. The third-order valence-electron chi connectivity index (χ3n) is 4.80. The molecule has 3 nitrogen and oxygen atoms in total. The number of nitrogens with zero attached hydrogens (tertiary/aromatic N) is 1. The summed E-state index contributed by atoms with van der Waals surface area (Å²) in [6.45, 7) is 0.934. The van der Waals surface area contributed by atoms with Gasteiger partial charge in [0.15, 0.2) is 5.79 Å². The molecule has 1 aliphatic carbocycles. The summed E-state index contributed by atoms with van der Waals surface area (Å²) in [4.78, 5) is 0. The second-order valence-corrected chi connectivity index (χ2v) is 7.66. The first-order chi connectivity index (χ1) is 11.9. The van der Waals surface area contributed by atoms with E-state index in [4.69, 9.17) is 9.47 Å². The molecule has 1 unspecified atom stereocenters. The van der Waals surface area contributed by atoms with E-state index in [9.17, 15) is 36.0 Å². The summed E-state index contributed by atoms with van der Waals surface area (Å²) in [5, 5.41) is 8.41. The first-order valence-electron chi connectivity index (χ1n) is 8.06. The monoisotopic (exact) mass is 409 g/mol. The summed E-state index contributed by atoms with van der Waals surface area (Å²) in [6, 6.07) is 1.91. The van der Waals surface area contributed by atoms with Gasteiger partial charge in [0.2, 0.25) is 0 Å². The van der Waals surface area contributed by atoms with E-state index in [0.29, 0.717) is 50.7 Å². The standard InChI is InChI=1S/C15H18F7NO2S/c16-13(14(17,18)19,15(20,21)22)5-8-26-11(9-23)10-1-3-12(4-2-10)24-6-7-25-12/h10-11H,1-8H2. The Balaban J connectivity index is 1.90. The van der Waals surface area contributed by atoms with Crippen LogP contribution < -0.4 is 0 Å². The predicted molar refractivity (Wildman–Crippen MR) is 79.0 cm³/mol. The predicted octanol–water partition coefficient (Wildman–Crippen LogP) is 4.77. The molecule has 1 spiro atoms. The lowest BCUT2D eigenvalue weighted by Crippen LogP contribution is -2.53. The van der Waals surface area contributed by atoms with Crippen molar-refractivity contribution < 1.29 is 40.2 Å². The summed E-state index contributed by atoms with van der Waals surface area (Å²) in [5.41, 5.74) is -5.27. The van der Waals surface area contributed by atoms with Crippen LogP contribution in [0, 0.1) is 17.2 Å². The van der Waals surface area contributed by atoms with Crippen molar-refractivity contribution >= 4 is 11.8 Å². The highest BCUT2D eigenvalue weighted by atomic mass is 32.2. The Morgan fingerprint density at radius 3 is 1.92 bits per heavy atom. The van der Waals surface area contributed by atoms with Crippen molar-refractivity contribution in [1.29, 1.82) is 5.26 Å². The highest BCUT2D eigenvalue weighted by molar-refractivity contribution is 8.00. The fourth-order valence-corrected chi connectivity index (χ4v) is 4.49. The maximum atomic E-state index is 13.6. The third kappa shape index (κ3) is 4.39. The van der Waals surface area contributed by atoms with Gasteiger partial charge >= 0.3 is 12.4 Å². The fourth-order valence-electron chi connectivity index (χ4n) is 3.22. The number of hydrogen-bond acceptors (Lipinski definition) is 4. The van der Waals surface area contributed by atoms with Gasteiger partial charge < -0.3 is 9.47 Å². The average Bonchev–Trinajstić information content (AvgIpc) is 2.98. The van der Waals surface area contributed by atoms with Crippen LogP contribution in [0.25, 0.3) is 0 Å². The van der Waals surface area contributed by atoms with Crippen LogP contribution in [0.5, 0.6) is 0 Å². The Labute approximate surface area is 150 Å². The SMILES string of the molecule is N#CC(SCCC(F)(C(F)(F)F)C(F)(F)F)C1CCC2(CC1)OCCO2. The van der Waals surface area contributed by atoms with Crippen LogP contribution in [0.3, 0.4) is 0 Å². The number of thioether (sulfide) groups is 1. The number of nitriles is 1. The molecule has 0 aromatic heterocycles. The molecule has 11 heteroatoms. The summed E-state index contributed by atoms with van der Waals surface area (Å²) < 4.78 is 99.9. The van der Waals surface area contributed by atoms with Gasteiger partial charge in [-0.3, -0.25) is 0 Å². The first kappa shape index (κ1) is 21.6. The normalized spacial score (nSPS) is 23.2. The van der Waals surface area contributed by atoms with Gasteiger partial charge in [0.25, 0.3) is 5.67 Å². The van der Waals surface area contributed by atoms with E-state index in [1.807, 2.05) is 6.07 Å². The largest absolute Gasteiger partial charge is 0.431 e. The van der Waals surface area contributed by atoms with Crippen molar-refractivity contribution in [2.24, 2.45) is 5.92 Å². The van der Waals surface area contributed by atoms with E-state index < -0.39 is 41.2 Å². The van der Waals surface area contributed by atoms with Crippen LogP contribution in [-0.2, 0) is 9.47 Å². The van der Waals surface area contributed by atoms with Crippen molar-refractivity contribution in [3.05, 3.63) is 0 Å². The molecule has 0 bridgehead atoms. The third-order valence-corrected chi connectivity index (χ3v) is 6.09. The Kier molecular flexibility index (Phi) is 6.40. The Hall–Kier alpha value is -0.730. The molecular weight excluding hydrogens is 391 g/mol. The molecule has 0 N–H and O–H groups in total. The molecule has 1 atom stereocenters. The number of halogens is 7. The minimum absolute atomic E-state index is 0.214. The van der Waals surface area contributed by atoms with Crippen molar-refractivity contribution in [1.82, 2.24) is 0 Å². The molecule has 150 valence electrons. The van der Waals surface area contributed by atoms with Crippen LogP contribution in [0.4, 0.5) is 30.7 Å². The van der Waals surface area contributed by atoms with Crippen molar-refractivity contribution in [2.45, 2.75) is 61.2 Å². The number of alkyl halides is 7. The van der Waals surface area contributed by atoms with Crippen LogP contribution in [0.2, 0.25) is 0 Å². The smallest absolute Gasteiger partial charge is 0.348 e. The quantitative estimate of drug-likeness (QED) is 0.614. The molecule has 0 amide bonds. The average molecular weight is 409 g/mol. The highest BCUT2D eigenvalue weighted by Gasteiger charge is 2.71. The maximum Gasteiger partial charge on any atom is 0.431 e. The summed E-state index contributed by atoms with van der Waals surface area (Å²) in [6.07, 6.45) is -11.9. The van der Waals surface area contributed by atoms with Gasteiger partial charge in [-0.2, -0.15) is 31.6 Å². The van der Waals surface area contributed by atoms with E-state index in [2.05, 4.69) is 0 Å². The lowest BCUT2D eigenvalue weighted by molar-refractivity contribution is -0.341. The van der Waals surface area contributed by atoms with Crippen molar-refractivity contribution in [3.63, 3.8) is 0 Å². The molecule has 1 saturated heterocycles. The molecule has 0 aromatic carbocycles. The van der Waals surface area contributed by atoms with Gasteiger partial charge in [0.1, 0.15) is 0 Å². The van der Waals surface area contributed by atoms with Gasteiger partial charge in [-0.1, -0.05) is 0 Å². The zero-order valence-electron chi connectivity index (χ0n) is 13.6. The van der Waals surface area contributed by atoms with E-state index in [1.54, 1.807) is 0 Å². The minimum atomic E-state index is -6.05. The van der Waals surface area contributed by atoms with Gasteiger partial charge in [0.05, 0.1) is 24.5 Å². The molecule has 2 aliphatic rings. The van der Waals surface area contributed by atoms with E-state index in [0.717, 1.165) is 0 Å². The number of hydrogen-bond donors (Lipinski definition) is 0. The summed E-state index contributed by atoms with van der Waals surface area (Å²) in [5.74, 6) is -1.65. The zero-order valence-corrected chi connectivity index (χ0v) is 14.4. The van der Waals surface area contributed by atoms with Gasteiger partial charge in [-0.05, 0) is 24.5 Å². The van der Waals surface area contributed by atoms with Gasteiger partial charge in [0, 0.05) is 19.3 Å². The Bertz CT molecular complexity index is 502. The summed E-state index contributed by atoms with van der Waals surface area (Å²) >= 11 is 0.635. The number of ether oxygens (including phenoxy) is 2. The maximum absolute atomic E-state index is 13.6. The van der Waals surface area contributed by atoms with Crippen LogP contribution in [0.1, 0.15) is 32.1 Å². The van der Waals surface area contributed by atoms with Crippen LogP contribution >= 0.6 is 11.8 Å². The van der Waals surface area contributed by atoms with Crippen LogP contribution in [0.15, 0.2) is 0 Å². The molecule has 26 heavy (non-hydrogen) atoms. The fraction of sp³-hybridized carbons (Fsp3) is 0.933. The number of rotatable bonds is 5. The molecule has 2 rings (SSSR count). The molecule has 2 fully saturated rings. The second kappa shape index (κ2) is 7.72. The van der Waals surface area contributed by atoms with E-state index in [1.165, 1.54) is 0 Å². The Morgan fingerprint density at radius 2 is 1.50 bits per heavy atom. The molecule has 0 radical (unpaired) electrons. The summed E-state index contributed by atoms with van der Waals surface area (Å²) in [7, 11) is 0. The van der Waals surface area contributed by atoms with E-state index in [-0.39, 0.29) is 5.92 Å². The lowest BCUT2D eigenvalue weighted by atomic mass is 9.83. The molecule has 1 saturated carbocycles. The molecular formula is C15H18F7NO2S. The molecule has 1 heterocycles. The van der Waals surface area contributed by atoms with Crippen molar-refractivity contribution in [2.75, 3.05) is 19.0 Å². The topological polar surface area (TPSA) is 42.2 Å². The lowest BCUT2D eigenvalue weighted by Gasteiger charge is -2.36. The highest BCUT2D eigenvalue weighted by Crippen LogP contribution is 2.49. The van der Waals surface area contributed by atoms with Gasteiger partial charge in [-0.15, -0.1) is 11.8 Å². The molecule has 0 aromatic rings.